The van der Waals surface area contributed by atoms with Crippen molar-refractivity contribution in [3.05, 3.63) is 78.3 Å². The van der Waals surface area contributed by atoms with Crippen molar-refractivity contribution < 1.29 is 18.4 Å². The third-order valence-corrected chi connectivity index (χ3v) is 6.35. The van der Waals surface area contributed by atoms with Gasteiger partial charge in [-0.2, -0.15) is 0 Å². The van der Waals surface area contributed by atoms with Crippen molar-refractivity contribution in [1.82, 2.24) is 4.47 Å². The highest BCUT2D eigenvalue weighted by molar-refractivity contribution is 7.93. The van der Waals surface area contributed by atoms with E-state index in [9.17, 15) is 18.4 Å². The van der Waals surface area contributed by atoms with Gasteiger partial charge in [-0.15, -0.1) is 0 Å². The summed E-state index contributed by atoms with van der Waals surface area (Å²) < 4.78 is 26.3. The predicted octanol–water partition coefficient (Wildman–Crippen LogP) is 4.02. The standard InChI is InChI=1S/C21H26N2O4S/c1-4-10-19(28(26,27)23(25)20-14-9-11-16(20)3)15-17(5-2)21(24)22-18-12-7-6-8-13-18/h4-8,10,12-13,15-16,20,25H,1-2,9,11,14H2,3H3,(H,22,24)/b17-15+,19-10+. The van der Waals surface area contributed by atoms with Crippen LogP contribution in [0.25, 0.3) is 0 Å². The van der Waals surface area contributed by atoms with Gasteiger partial charge in [-0.3, -0.25) is 10.0 Å². The molecule has 0 aliphatic heterocycles. The molecule has 0 aromatic heterocycles. The summed E-state index contributed by atoms with van der Waals surface area (Å²) >= 11 is 0. The summed E-state index contributed by atoms with van der Waals surface area (Å²) in [6.45, 7) is 9.04. The first-order valence-electron chi connectivity index (χ1n) is 9.07. The second-order valence-corrected chi connectivity index (χ2v) is 8.48. The molecule has 1 aliphatic carbocycles. The number of carbonyl (C=O) groups excluding carboxylic acids is 1. The number of nitrogens with zero attached hydrogens (tertiary/aromatic N) is 1. The number of amides is 1. The van der Waals surface area contributed by atoms with E-state index in [1.165, 1.54) is 24.3 Å². The van der Waals surface area contributed by atoms with Crippen LogP contribution in [-0.4, -0.2) is 30.0 Å². The molecule has 7 heteroatoms. The average molecular weight is 403 g/mol. The summed E-state index contributed by atoms with van der Waals surface area (Å²) in [4.78, 5) is 12.3. The molecule has 1 fully saturated rings. The molecule has 2 atom stereocenters. The van der Waals surface area contributed by atoms with Gasteiger partial charge in [0.2, 0.25) is 0 Å². The summed E-state index contributed by atoms with van der Waals surface area (Å²) in [5.74, 6) is -0.459. The van der Waals surface area contributed by atoms with Crippen LogP contribution in [0.2, 0.25) is 0 Å². The van der Waals surface area contributed by atoms with Crippen LogP contribution < -0.4 is 5.32 Å². The molecule has 0 bridgehead atoms. The average Bonchev–Trinajstić information content (AvgIpc) is 3.10. The zero-order valence-corrected chi connectivity index (χ0v) is 16.7. The molecule has 0 saturated heterocycles. The molecule has 28 heavy (non-hydrogen) atoms. The summed E-state index contributed by atoms with van der Waals surface area (Å²) in [6, 6.07) is 8.30. The number of hydrogen-bond acceptors (Lipinski definition) is 4. The smallest absolute Gasteiger partial charge is 0.265 e. The maximum absolute atomic E-state index is 12.9. The van der Waals surface area contributed by atoms with Gasteiger partial charge in [-0.05, 0) is 43.0 Å². The molecule has 1 saturated carbocycles. The molecular formula is C21H26N2O4S. The second-order valence-electron chi connectivity index (χ2n) is 6.68. The SMILES string of the molecule is C=C/C=C(\C=C(/C=C)C(=O)Nc1ccccc1)S(=O)(=O)N(O)C1CCCC1C. The molecule has 1 aliphatic rings. The molecule has 1 amide bonds. The Hall–Kier alpha value is -2.48. The van der Waals surface area contributed by atoms with Crippen LogP contribution >= 0.6 is 0 Å². The van der Waals surface area contributed by atoms with Crippen LogP contribution in [0, 0.1) is 5.92 Å². The number of hydroxylamine groups is 1. The first-order chi connectivity index (χ1) is 13.3. The van der Waals surface area contributed by atoms with Gasteiger partial charge in [-0.1, -0.05) is 61.3 Å². The number of anilines is 1. The maximum atomic E-state index is 12.9. The molecule has 150 valence electrons. The van der Waals surface area contributed by atoms with E-state index in [0.717, 1.165) is 12.8 Å². The van der Waals surface area contributed by atoms with Crippen molar-refractivity contribution in [2.75, 3.05) is 5.32 Å². The lowest BCUT2D eigenvalue weighted by Gasteiger charge is -2.25. The number of rotatable bonds is 8. The molecule has 0 spiro atoms. The van der Waals surface area contributed by atoms with Gasteiger partial charge in [-0.25, -0.2) is 8.42 Å². The zero-order valence-electron chi connectivity index (χ0n) is 15.9. The van der Waals surface area contributed by atoms with Gasteiger partial charge in [0.25, 0.3) is 15.9 Å². The van der Waals surface area contributed by atoms with E-state index in [-0.39, 0.29) is 16.4 Å². The highest BCUT2D eigenvalue weighted by atomic mass is 32.2. The normalized spacial score (nSPS) is 20.8. The second kappa shape index (κ2) is 9.64. The van der Waals surface area contributed by atoms with E-state index in [4.69, 9.17) is 0 Å². The maximum Gasteiger partial charge on any atom is 0.265 e. The summed E-state index contributed by atoms with van der Waals surface area (Å²) in [5.41, 5.74) is 0.620. The minimum absolute atomic E-state index is 0.0494. The largest absolute Gasteiger partial charge is 0.322 e. The van der Waals surface area contributed by atoms with Gasteiger partial charge in [0.05, 0.1) is 10.9 Å². The minimum atomic E-state index is -4.22. The van der Waals surface area contributed by atoms with Gasteiger partial charge in [0, 0.05) is 11.3 Å². The molecule has 6 nitrogen and oxygen atoms in total. The van der Waals surface area contributed by atoms with Crippen molar-refractivity contribution in [2.24, 2.45) is 5.92 Å². The third-order valence-electron chi connectivity index (χ3n) is 4.74. The van der Waals surface area contributed by atoms with Gasteiger partial charge < -0.3 is 5.32 Å². The van der Waals surface area contributed by atoms with Crippen molar-refractivity contribution in [2.45, 2.75) is 32.2 Å². The molecule has 1 aromatic rings. The number of hydrogen-bond donors (Lipinski definition) is 2. The van der Waals surface area contributed by atoms with E-state index in [0.29, 0.717) is 16.6 Å². The Morgan fingerprint density at radius 1 is 1.25 bits per heavy atom. The van der Waals surface area contributed by atoms with E-state index >= 15 is 0 Å². The highest BCUT2D eigenvalue weighted by Crippen LogP contribution is 2.32. The first kappa shape index (κ1) is 21.8. The Morgan fingerprint density at radius 2 is 1.93 bits per heavy atom. The number of carbonyl (C=O) groups is 1. The Balaban J connectivity index is 2.32. The molecule has 0 radical (unpaired) electrons. The fourth-order valence-corrected chi connectivity index (χ4v) is 4.59. The van der Waals surface area contributed by atoms with Gasteiger partial charge in [0.1, 0.15) is 0 Å². The van der Waals surface area contributed by atoms with E-state index in [2.05, 4.69) is 18.5 Å². The lowest BCUT2D eigenvalue weighted by molar-refractivity contribution is -0.112. The van der Waals surface area contributed by atoms with Crippen LogP contribution in [0.15, 0.2) is 78.3 Å². The first-order valence-corrected chi connectivity index (χ1v) is 10.5. The quantitative estimate of drug-likeness (QED) is 0.391. The Labute approximate surface area is 166 Å². The molecular weight excluding hydrogens is 376 g/mol. The zero-order chi connectivity index (χ0) is 20.7. The monoisotopic (exact) mass is 402 g/mol. The predicted molar refractivity (Wildman–Crippen MR) is 111 cm³/mol. The van der Waals surface area contributed by atoms with E-state index < -0.39 is 22.0 Å². The number of sulfonamides is 1. The Morgan fingerprint density at radius 3 is 2.46 bits per heavy atom. The molecule has 0 heterocycles. The topological polar surface area (TPSA) is 86.7 Å². The van der Waals surface area contributed by atoms with Crippen molar-refractivity contribution in [3.63, 3.8) is 0 Å². The van der Waals surface area contributed by atoms with Crippen LogP contribution in [0.3, 0.4) is 0 Å². The number of para-hydroxylation sites is 1. The minimum Gasteiger partial charge on any atom is -0.322 e. The number of nitrogens with one attached hydrogen (secondary N) is 1. The summed E-state index contributed by atoms with van der Waals surface area (Å²) in [7, 11) is -4.22. The summed E-state index contributed by atoms with van der Waals surface area (Å²) in [5, 5.41) is 13.1. The molecule has 1 aromatic carbocycles. The Kier molecular flexibility index (Phi) is 7.51. The fraction of sp³-hybridized carbons (Fsp3) is 0.286. The lowest BCUT2D eigenvalue weighted by Crippen LogP contribution is -2.39. The number of benzene rings is 1. The van der Waals surface area contributed by atoms with Gasteiger partial charge >= 0.3 is 0 Å². The van der Waals surface area contributed by atoms with E-state index in [1.807, 2.05) is 13.0 Å². The fourth-order valence-electron chi connectivity index (χ4n) is 3.16. The molecule has 2 unspecified atom stereocenters. The Bertz CT molecular complexity index is 888. The van der Waals surface area contributed by atoms with Crippen molar-refractivity contribution in [3.8, 4) is 0 Å². The van der Waals surface area contributed by atoms with Gasteiger partial charge in [0.15, 0.2) is 0 Å². The van der Waals surface area contributed by atoms with Crippen molar-refractivity contribution in [1.29, 1.82) is 0 Å². The van der Waals surface area contributed by atoms with Crippen LogP contribution in [0.5, 0.6) is 0 Å². The van der Waals surface area contributed by atoms with Crippen LogP contribution in [0.1, 0.15) is 26.2 Å². The van der Waals surface area contributed by atoms with Crippen LogP contribution in [-0.2, 0) is 14.8 Å². The molecule has 2 N–H and O–H groups in total. The molecule has 2 rings (SSSR count). The lowest BCUT2D eigenvalue weighted by atomic mass is 10.1. The number of allylic oxidation sites excluding steroid dienone is 3. The summed E-state index contributed by atoms with van der Waals surface area (Å²) in [6.07, 6.45) is 7.29. The van der Waals surface area contributed by atoms with Crippen LogP contribution in [0.4, 0.5) is 5.69 Å². The third kappa shape index (κ3) is 5.07. The van der Waals surface area contributed by atoms with Crippen molar-refractivity contribution >= 4 is 21.6 Å². The van der Waals surface area contributed by atoms with E-state index in [1.54, 1.807) is 24.3 Å². The highest BCUT2D eigenvalue weighted by Gasteiger charge is 2.37.